The number of amides is 1. The number of benzene rings is 3. The number of hydrogen-bond donors (Lipinski definition) is 3. The van der Waals surface area contributed by atoms with Crippen LogP contribution in [0, 0.1) is 0 Å². The lowest BCUT2D eigenvalue weighted by Gasteiger charge is -2.36. The number of carbonyl (C=O) groups is 2. The smallest absolute Gasteiger partial charge is 0.303 e. The number of carboxylic acid groups (broad SMARTS) is 1. The van der Waals surface area contributed by atoms with Crippen LogP contribution in [0.2, 0.25) is 0 Å². The molecule has 0 saturated carbocycles. The highest BCUT2D eigenvalue weighted by atomic mass is 16.7. The predicted octanol–water partition coefficient (Wildman–Crippen LogP) is 5.04. The Morgan fingerprint density at radius 2 is 1.61 bits per heavy atom. The van der Waals surface area contributed by atoms with E-state index in [-0.39, 0.29) is 31.1 Å². The zero-order chi connectivity index (χ0) is 28.6. The first-order valence-electron chi connectivity index (χ1n) is 14.0. The van der Waals surface area contributed by atoms with Gasteiger partial charge in [-0.1, -0.05) is 60.7 Å². The van der Waals surface area contributed by atoms with Crippen molar-refractivity contribution in [1.82, 2.24) is 14.9 Å². The third-order valence-corrected chi connectivity index (χ3v) is 7.33. The number of carboxylic acids is 1. The Hall–Kier alpha value is -4.05. The summed E-state index contributed by atoms with van der Waals surface area (Å²) >= 11 is 0. The van der Waals surface area contributed by atoms with E-state index >= 15 is 0 Å². The molecule has 0 aliphatic carbocycles. The van der Waals surface area contributed by atoms with Gasteiger partial charge in [0, 0.05) is 31.4 Å². The van der Waals surface area contributed by atoms with E-state index in [9.17, 15) is 14.7 Å². The molecule has 0 bridgehead atoms. The summed E-state index contributed by atoms with van der Waals surface area (Å²) in [5.41, 5.74) is 5.69. The number of carbonyl (C=O) groups excluding carboxylic acids is 1. The van der Waals surface area contributed by atoms with Gasteiger partial charge >= 0.3 is 5.97 Å². The number of aliphatic hydroxyl groups is 1. The second-order valence-electron chi connectivity index (χ2n) is 10.4. The summed E-state index contributed by atoms with van der Waals surface area (Å²) in [7, 11) is 0. The van der Waals surface area contributed by atoms with Crippen molar-refractivity contribution >= 4 is 22.9 Å². The molecule has 1 fully saturated rings. The van der Waals surface area contributed by atoms with Crippen LogP contribution in [0.3, 0.4) is 0 Å². The molecule has 9 heteroatoms. The van der Waals surface area contributed by atoms with Crippen molar-refractivity contribution in [1.29, 1.82) is 0 Å². The number of nitrogens with zero attached hydrogens (tertiary/aromatic N) is 2. The number of aliphatic carboxylic acids is 1. The van der Waals surface area contributed by atoms with E-state index in [1.807, 2.05) is 73.1 Å². The van der Waals surface area contributed by atoms with Gasteiger partial charge in [-0.15, -0.1) is 0 Å². The number of aromatic nitrogens is 2. The molecule has 3 N–H and O–H groups in total. The van der Waals surface area contributed by atoms with Crippen molar-refractivity contribution in [2.75, 3.05) is 0 Å². The minimum Gasteiger partial charge on any atom is -0.481 e. The van der Waals surface area contributed by atoms with Gasteiger partial charge in [-0.25, -0.2) is 4.98 Å². The molecule has 3 atom stereocenters. The normalized spacial score (nSPS) is 18.8. The van der Waals surface area contributed by atoms with Gasteiger partial charge in [-0.3, -0.25) is 9.59 Å². The van der Waals surface area contributed by atoms with Crippen molar-refractivity contribution < 1.29 is 29.3 Å². The second-order valence-corrected chi connectivity index (χ2v) is 10.4. The maximum absolute atomic E-state index is 12.1. The molecule has 214 valence electrons. The molecule has 0 spiro atoms. The fourth-order valence-electron chi connectivity index (χ4n) is 5.05. The quantitative estimate of drug-likeness (QED) is 0.209. The lowest BCUT2D eigenvalue weighted by molar-refractivity contribution is -0.252. The Morgan fingerprint density at radius 1 is 0.902 bits per heavy atom. The van der Waals surface area contributed by atoms with Crippen LogP contribution >= 0.6 is 0 Å². The van der Waals surface area contributed by atoms with E-state index in [0.29, 0.717) is 38.8 Å². The topological polar surface area (TPSA) is 123 Å². The highest BCUT2D eigenvalue weighted by Crippen LogP contribution is 2.38. The summed E-state index contributed by atoms with van der Waals surface area (Å²) in [5, 5.41) is 21.1. The van der Waals surface area contributed by atoms with Crippen LogP contribution in [0.5, 0.6) is 0 Å². The molecule has 5 rings (SSSR count). The monoisotopic (exact) mass is 557 g/mol. The van der Waals surface area contributed by atoms with E-state index in [0.717, 1.165) is 33.3 Å². The summed E-state index contributed by atoms with van der Waals surface area (Å²) in [6.45, 7) is 1.01. The number of ether oxygens (including phenoxy) is 2. The molecule has 2 heterocycles. The molecule has 1 aliphatic rings. The van der Waals surface area contributed by atoms with E-state index < -0.39 is 12.3 Å². The van der Waals surface area contributed by atoms with Crippen LogP contribution in [-0.2, 0) is 38.8 Å². The van der Waals surface area contributed by atoms with Crippen LogP contribution in [0.25, 0.3) is 11.0 Å². The van der Waals surface area contributed by atoms with Gasteiger partial charge in [0.1, 0.15) is 0 Å². The van der Waals surface area contributed by atoms with Gasteiger partial charge in [0.25, 0.3) is 0 Å². The number of fused-ring (bicyclic) bond motifs is 1. The second kappa shape index (κ2) is 13.5. The Labute approximate surface area is 238 Å². The number of para-hydroxylation sites is 2. The first-order valence-corrected chi connectivity index (χ1v) is 14.0. The van der Waals surface area contributed by atoms with Gasteiger partial charge in [-0.2, -0.15) is 0 Å². The third-order valence-electron chi connectivity index (χ3n) is 7.33. The van der Waals surface area contributed by atoms with Crippen molar-refractivity contribution in [2.45, 2.75) is 70.3 Å². The molecule has 9 nitrogen and oxygen atoms in total. The van der Waals surface area contributed by atoms with Gasteiger partial charge in [-0.05, 0) is 41.7 Å². The van der Waals surface area contributed by atoms with E-state index in [1.165, 1.54) is 0 Å². The van der Waals surface area contributed by atoms with Crippen LogP contribution in [0.15, 0.2) is 79.1 Å². The average molecular weight is 558 g/mol. The highest BCUT2D eigenvalue weighted by Gasteiger charge is 2.32. The Kier molecular flexibility index (Phi) is 9.40. The number of aliphatic hydroxyl groups excluding tert-OH is 1. The fraction of sp³-hybridized carbons (Fsp3) is 0.344. The minimum absolute atomic E-state index is 0.00854. The summed E-state index contributed by atoms with van der Waals surface area (Å²) in [5.74, 6) is -0.938. The maximum Gasteiger partial charge on any atom is 0.303 e. The number of nitrogens with one attached hydrogen (secondary N) is 1. The molecule has 0 radical (unpaired) electrons. The average Bonchev–Trinajstić information content (AvgIpc) is 3.41. The molecule has 4 aromatic rings. The van der Waals surface area contributed by atoms with E-state index in [4.69, 9.17) is 14.6 Å². The predicted molar refractivity (Wildman–Crippen MR) is 153 cm³/mol. The third kappa shape index (κ3) is 7.58. The fourth-order valence-corrected chi connectivity index (χ4v) is 5.05. The minimum atomic E-state index is -0.844. The number of unbranched alkanes of at least 4 members (excludes halogenated alkanes) is 1. The zero-order valence-corrected chi connectivity index (χ0v) is 22.8. The van der Waals surface area contributed by atoms with Crippen LogP contribution < -0.4 is 5.32 Å². The maximum atomic E-state index is 12.1. The number of imidazole rings is 1. The highest BCUT2D eigenvalue weighted by molar-refractivity contribution is 5.76. The molecule has 1 amide bonds. The van der Waals surface area contributed by atoms with Crippen molar-refractivity contribution in [3.05, 3.63) is 101 Å². The molecule has 1 aliphatic heterocycles. The molecular formula is C32H35N3O6. The van der Waals surface area contributed by atoms with Crippen molar-refractivity contribution in [3.63, 3.8) is 0 Å². The van der Waals surface area contributed by atoms with Crippen molar-refractivity contribution in [2.24, 2.45) is 0 Å². The Balaban J connectivity index is 1.26. The molecule has 41 heavy (non-hydrogen) atoms. The van der Waals surface area contributed by atoms with Gasteiger partial charge in [0.2, 0.25) is 5.91 Å². The molecule has 1 saturated heterocycles. The zero-order valence-electron chi connectivity index (χ0n) is 22.8. The van der Waals surface area contributed by atoms with Crippen LogP contribution in [0.1, 0.15) is 66.8 Å². The van der Waals surface area contributed by atoms with Gasteiger partial charge < -0.3 is 29.6 Å². The Morgan fingerprint density at radius 3 is 2.37 bits per heavy atom. The van der Waals surface area contributed by atoms with Crippen molar-refractivity contribution in [3.8, 4) is 0 Å². The molecule has 3 aromatic carbocycles. The standard InChI is InChI=1S/C32H35N3O6/c36-20-23-11-13-24(14-12-23)29-17-26(19-35-21-34-27-5-1-2-6-28(27)35)40-32(41-29)25-15-9-22(10-16-25)18-33-30(37)7-3-4-8-31(38)39/h1-2,5-6,9-16,21,26,29,32,36H,3-4,7-8,17-20H2,(H,33,37)(H,38,39)/t26-,29+,32+/m0/s1. The SMILES string of the molecule is O=C(O)CCCCC(=O)NCc1ccc([C@@H]2O[C@H](Cn3cnc4ccccc43)C[C@H](c3ccc(CO)cc3)O2)cc1. The van der Waals surface area contributed by atoms with E-state index in [2.05, 4.69) is 20.9 Å². The van der Waals surface area contributed by atoms with E-state index in [1.54, 1.807) is 0 Å². The Bertz CT molecular complexity index is 1450. The summed E-state index contributed by atoms with van der Waals surface area (Å²) in [6.07, 6.45) is 3.03. The van der Waals surface area contributed by atoms with Gasteiger partial charge in [0.15, 0.2) is 6.29 Å². The largest absolute Gasteiger partial charge is 0.481 e. The molecule has 0 unspecified atom stereocenters. The number of hydrogen-bond acceptors (Lipinski definition) is 6. The molecular weight excluding hydrogens is 522 g/mol. The lowest BCUT2D eigenvalue weighted by atomic mass is 9.99. The number of rotatable bonds is 12. The summed E-state index contributed by atoms with van der Waals surface area (Å²) in [4.78, 5) is 27.3. The van der Waals surface area contributed by atoms with Gasteiger partial charge in [0.05, 0.1) is 42.7 Å². The first kappa shape index (κ1) is 28.5. The van der Waals surface area contributed by atoms with Crippen LogP contribution in [-0.4, -0.2) is 37.7 Å². The summed E-state index contributed by atoms with van der Waals surface area (Å²) in [6, 6.07) is 23.7. The van der Waals surface area contributed by atoms with Crippen LogP contribution in [0.4, 0.5) is 0 Å². The molecule has 1 aromatic heterocycles. The summed E-state index contributed by atoms with van der Waals surface area (Å²) < 4.78 is 15.0. The lowest BCUT2D eigenvalue weighted by Crippen LogP contribution is -2.32. The first-order chi connectivity index (χ1) is 20.0.